The van der Waals surface area contributed by atoms with Gasteiger partial charge in [-0.1, -0.05) is 30.3 Å². The van der Waals surface area contributed by atoms with Crippen molar-refractivity contribution in [2.45, 2.75) is 19.7 Å². The van der Waals surface area contributed by atoms with Crippen LogP contribution in [0.25, 0.3) is 22.2 Å². The highest BCUT2D eigenvalue weighted by Crippen LogP contribution is 2.27. The van der Waals surface area contributed by atoms with Gasteiger partial charge in [0.1, 0.15) is 11.6 Å². The zero-order valence-corrected chi connectivity index (χ0v) is 12.7. The molecule has 1 heterocycles. The van der Waals surface area contributed by atoms with Gasteiger partial charge < -0.3 is 5.21 Å². The van der Waals surface area contributed by atoms with Gasteiger partial charge >= 0.3 is 5.82 Å². The van der Waals surface area contributed by atoms with Crippen molar-refractivity contribution < 1.29 is 4.73 Å². The van der Waals surface area contributed by atoms with Gasteiger partial charge in [0.2, 0.25) is 0 Å². The molecule has 2 aromatic carbocycles. The molecule has 0 aliphatic carbocycles. The number of nitrogens with zero attached hydrogens (tertiary/aromatic N) is 2. The largest absolute Gasteiger partial charge is 0.710 e. The standard InChI is InChI=1S/C17H15ClN2O/c1-11-8-14-15(9-12(11)2)19-16(10-18)20(21)17(14)13-6-4-3-5-7-13/h3-9H,10H2,1-2H3. The summed E-state index contributed by atoms with van der Waals surface area (Å²) in [6.07, 6.45) is 0. The summed E-state index contributed by atoms with van der Waals surface area (Å²) in [7, 11) is 0. The third kappa shape index (κ3) is 2.34. The van der Waals surface area contributed by atoms with E-state index in [1.54, 1.807) is 0 Å². The molecule has 0 fully saturated rings. The van der Waals surface area contributed by atoms with Gasteiger partial charge in [0.15, 0.2) is 5.52 Å². The lowest BCUT2D eigenvalue weighted by molar-refractivity contribution is -0.603. The molecule has 4 heteroatoms. The minimum absolute atomic E-state index is 0.0895. The Morgan fingerprint density at radius 1 is 1.10 bits per heavy atom. The number of rotatable bonds is 2. The molecule has 0 atom stereocenters. The van der Waals surface area contributed by atoms with Gasteiger partial charge in [0, 0.05) is 5.56 Å². The minimum Gasteiger partial charge on any atom is -0.710 e. The molecule has 0 aliphatic rings. The molecule has 0 unspecified atom stereocenters. The monoisotopic (exact) mass is 298 g/mol. The smallest absolute Gasteiger partial charge is 0.317 e. The van der Waals surface area contributed by atoms with E-state index >= 15 is 0 Å². The van der Waals surface area contributed by atoms with E-state index in [-0.39, 0.29) is 5.88 Å². The van der Waals surface area contributed by atoms with Crippen molar-refractivity contribution in [2.75, 3.05) is 0 Å². The minimum atomic E-state index is 0.0895. The SMILES string of the molecule is Cc1cc2nc(CCl)[n+]([O-])c(-c3ccccc3)c2cc1C. The molecule has 0 saturated carbocycles. The summed E-state index contributed by atoms with van der Waals surface area (Å²) in [4.78, 5) is 4.40. The Bertz CT molecular complexity index is 816. The maximum absolute atomic E-state index is 12.6. The molecule has 0 N–H and O–H groups in total. The van der Waals surface area contributed by atoms with Crippen LogP contribution in [0.3, 0.4) is 0 Å². The predicted molar refractivity (Wildman–Crippen MR) is 85.2 cm³/mol. The van der Waals surface area contributed by atoms with Crippen molar-refractivity contribution in [3.05, 3.63) is 64.6 Å². The van der Waals surface area contributed by atoms with Crippen LogP contribution in [0.15, 0.2) is 42.5 Å². The topological polar surface area (TPSA) is 39.8 Å². The van der Waals surface area contributed by atoms with Crippen molar-refractivity contribution >= 4 is 22.5 Å². The predicted octanol–water partition coefficient (Wildman–Crippen LogP) is 3.89. The van der Waals surface area contributed by atoms with E-state index in [1.807, 2.05) is 56.3 Å². The van der Waals surface area contributed by atoms with E-state index < -0.39 is 0 Å². The molecular weight excluding hydrogens is 284 g/mol. The first-order valence-corrected chi connectivity index (χ1v) is 7.30. The third-order valence-electron chi connectivity index (χ3n) is 3.72. The second-order valence-electron chi connectivity index (χ2n) is 5.12. The van der Waals surface area contributed by atoms with Crippen molar-refractivity contribution in [1.82, 2.24) is 4.98 Å². The first-order valence-electron chi connectivity index (χ1n) is 6.76. The molecule has 0 spiro atoms. The van der Waals surface area contributed by atoms with E-state index in [2.05, 4.69) is 4.98 Å². The molecule has 106 valence electrons. The van der Waals surface area contributed by atoms with E-state index in [0.717, 1.165) is 32.3 Å². The quantitative estimate of drug-likeness (QED) is 0.409. The molecule has 0 saturated heterocycles. The number of aromatic nitrogens is 2. The average molecular weight is 299 g/mol. The van der Waals surface area contributed by atoms with E-state index in [9.17, 15) is 5.21 Å². The van der Waals surface area contributed by atoms with Gasteiger partial charge in [0.25, 0.3) is 0 Å². The van der Waals surface area contributed by atoms with Gasteiger partial charge in [-0.15, -0.1) is 11.6 Å². The summed E-state index contributed by atoms with van der Waals surface area (Å²) >= 11 is 5.88. The number of hydrogen-bond acceptors (Lipinski definition) is 2. The maximum atomic E-state index is 12.6. The lowest BCUT2D eigenvalue weighted by atomic mass is 10.0. The Kier molecular flexibility index (Phi) is 3.52. The number of alkyl halides is 1. The van der Waals surface area contributed by atoms with Gasteiger partial charge in [-0.05, 0) is 42.1 Å². The number of benzene rings is 2. The first-order chi connectivity index (χ1) is 10.1. The van der Waals surface area contributed by atoms with E-state index in [0.29, 0.717) is 11.5 Å². The average Bonchev–Trinajstić information content (AvgIpc) is 2.49. The number of fused-ring (bicyclic) bond motifs is 1. The van der Waals surface area contributed by atoms with Crippen LogP contribution in [0.5, 0.6) is 0 Å². The molecule has 3 nitrogen and oxygen atoms in total. The highest BCUT2D eigenvalue weighted by Gasteiger charge is 2.19. The van der Waals surface area contributed by atoms with E-state index in [4.69, 9.17) is 11.6 Å². The van der Waals surface area contributed by atoms with Crippen LogP contribution in [-0.2, 0) is 5.88 Å². The van der Waals surface area contributed by atoms with Crippen LogP contribution in [-0.4, -0.2) is 4.98 Å². The van der Waals surface area contributed by atoms with Gasteiger partial charge in [0.05, 0.1) is 5.39 Å². The second-order valence-corrected chi connectivity index (χ2v) is 5.39. The van der Waals surface area contributed by atoms with Gasteiger partial charge in [-0.3, -0.25) is 0 Å². The summed E-state index contributed by atoms with van der Waals surface area (Å²) in [5, 5.41) is 13.4. The molecule has 21 heavy (non-hydrogen) atoms. The Morgan fingerprint density at radius 2 is 1.76 bits per heavy atom. The molecule has 3 aromatic rings. The molecule has 0 radical (unpaired) electrons. The van der Waals surface area contributed by atoms with Crippen LogP contribution >= 0.6 is 11.6 Å². The van der Waals surface area contributed by atoms with Gasteiger partial charge in [-0.25, -0.2) is 4.73 Å². The lowest BCUT2D eigenvalue weighted by Crippen LogP contribution is -2.35. The molecule has 0 bridgehead atoms. The molecular formula is C17H15ClN2O. The lowest BCUT2D eigenvalue weighted by Gasteiger charge is -2.14. The van der Waals surface area contributed by atoms with Crippen molar-refractivity contribution in [1.29, 1.82) is 0 Å². The fourth-order valence-electron chi connectivity index (χ4n) is 2.46. The first kappa shape index (κ1) is 13.8. The molecule has 0 aliphatic heterocycles. The summed E-state index contributed by atoms with van der Waals surface area (Å²) in [6.45, 7) is 4.07. The summed E-state index contributed by atoms with van der Waals surface area (Å²) in [6, 6.07) is 13.7. The summed E-state index contributed by atoms with van der Waals surface area (Å²) < 4.78 is 0.847. The van der Waals surface area contributed by atoms with Crippen LogP contribution in [0.1, 0.15) is 17.0 Å². The molecule has 3 rings (SSSR count). The normalized spacial score (nSPS) is 11.0. The molecule has 0 amide bonds. The third-order valence-corrected chi connectivity index (χ3v) is 3.96. The fourth-order valence-corrected chi connectivity index (χ4v) is 2.63. The maximum Gasteiger partial charge on any atom is 0.317 e. The number of halogens is 1. The van der Waals surface area contributed by atoms with Crippen molar-refractivity contribution in [3.8, 4) is 11.3 Å². The van der Waals surface area contributed by atoms with Crippen LogP contribution in [0.2, 0.25) is 0 Å². The Hall–Kier alpha value is -2.13. The zero-order valence-electron chi connectivity index (χ0n) is 11.9. The highest BCUT2D eigenvalue weighted by molar-refractivity contribution is 6.16. The van der Waals surface area contributed by atoms with E-state index in [1.165, 1.54) is 0 Å². The van der Waals surface area contributed by atoms with Crippen LogP contribution in [0.4, 0.5) is 0 Å². The zero-order chi connectivity index (χ0) is 15.0. The Labute approximate surface area is 128 Å². The highest BCUT2D eigenvalue weighted by atomic mass is 35.5. The Morgan fingerprint density at radius 3 is 2.43 bits per heavy atom. The fraction of sp³-hybridized carbons (Fsp3) is 0.176. The molecule has 1 aromatic heterocycles. The summed E-state index contributed by atoms with van der Waals surface area (Å²) in [5.41, 5.74) is 4.58. The van der Waals surface area contributed by atoms with Gasteiger partial charge in [-0.2, -0.15) is 0 Å². The summed E-state index contributed by atoms with van der Waals surface area (Å²) in [5.74, 6) is 0.415. The van der Waals surface area contributed by atoms with Crippen molar-refractivity contribution in [3.63, 3.8) is 0 Å². The van der Waals surface area contributed by atoms with Crippen LogP contribution < -0.4 is 4.73 Å². The number of hydrogen-bond donors (Lipinski definition) is 0. The number of aryl methyl sites for hydroxylation is 2. The Balaban J connectivity index is 2.45. The second kappa shape index (κ2) is 5.34. The van der Waals surface area contributed by atoms with Crippen molar-refractivity contribution in [2.24, 2.45) is 0 Å². The van der Waals surface area contributed by atoms with Crippen LogP contribution in [0, 0.1) is 19.1 Å².